The molecule has 0 bridgehead atoms. The van der Waals surface area contributed by atoms with Crippen LogP contribution in [0, 0.1) is 0 Å². The number of aliphatic carboxylic acids is 1. The minimum absolute atomic E-state index is 0.147. The summed E-state index contributed by atoms with van der Waals surface area (Å²) in [5.74, 6) is -0.774. The van der Waals surface area contributed by atoms with Crippen molar-refractivity contribution in [3.8, 4) is 0 Å². The highest BCUT2D eigenvalue weighted by Gasteiger charge is 2.09. The Balaban J connectivity index is 2.46. The van der Waals surface area contributed by atoms with Gasteiger partial charge in [-0.25, -0.2) is 0 Å². The van der Waals surface area contributed by atoms with Gasteiger partial charge < -0.3 is 5.11 Å². The molecule has 0 aliphatic heterocycles. The van der Waals surface area contributed by atoms with Gasteiger partial charge in [0.1, 0.15) is 5.52 Å². The molecule has 0 saturated carbocycles. The fraction of sp³-hybridized carbons (Fsp3) is 0.250. The highest BCUT2D eigenvalue weighted by atomic mass is 16.4. The average Bonchev–Trinajstić information content (AvgIpc) is 2.25. The standard InChI is InChI=1S/C12H12N2O2/c1-14-8-9(6-7-12(15)16)10-4-2-3-5-11(10)13-14/h2-5,8H,6-7H2,1H3/p+1. The Morgan fingerprint density at radius 1 is 1.44 bits per heavy atom. The zero-order valence-corrected chi connectivity index (χ0v) is 9.05. The summed E-state index contributed by atoms with van der Waals surface area (Å²) in [6.45, 7) is 0. The zero-order chi connectivity index (χ0) is 11.5. The number of carboxylic acid groups (broad SMARTS) is 1. The van der Waals surface area contributed by atoms with E-state index in [2.05, 4.69) is 5.10 Å². The van der Waals surface area contributed by atoms with Crippen molar-refractivity contribution >= 4 is 16.9 Å². The normalized spacial score (nSPS) is 10.6. The average molecular weight is 217 g/mol. The second kappa shape index (κ2) is 4.26. The molecule has 0 radical (unpaired) electrons. The Bertz CT molecular complexity index is 538. The first kappa shape index (κ1) is 10.5. The third-order valence-electron chi connectivity index (χ3n) is 2.47. The summed E-state index contributed by atoms with van der Waals surface area (Å²) in [5, 5.41) is 14.1. The summed E-state index contributed by atoms with van der Waals surface area (Å²) < 4.78 is 1.72. The van der Waals surface area contributed by atoms with Crippen LogP contribution in [0.1, 0.15) is 12.0 Å². The molecular weight excluding hydrogens is 204 g/mol. The smallest absolute Gasteiger partial charge is 0.303 e. The first-order chi connectivity index (χ1) is 7.66. The van der Waals surface area contributed by atoms with Crippen molar-refractivity contribution in [3.05, 3.63) is 36.0 Å². The molecule has 0 saturated heterocycles. The lowest BCUT2D eigenvalue weighted by atomic mass is 10.1. The van der Waals surface area contributed by atoms with Gasteiger partial charge in [0.05, 0.1) is 0 Å². The summed E-state index contributed by atoms with van der Waals surface area (Å²) in [4.78, 5) is 10.6. The molecule has 4 nitrogen and oxygen atoms in total. The van der Waals surface area contributed by atoms with Crippen molar-refractivity contribution in [2.75, 3.05) is 0 Å². The van der Waals surface area contributed by atoms with Gasteiger partial charge in [-0.15, -0.1) is 0 Å². The fourth-order valence-electron chi connectivity index (χ4n) is 1.77. The largest absolute Gasteiger partial charge is 0.481 e. The van der Waals surface area contributed by atoms with Crippen LogP contribution in [0.25, 0.3) is 10.9 Å². The van der Waals surface area contributed by atoms with Crippen molar-refractivity contribution in [3.63, 3.8) is 0 Å². The Hall–Kier alpha value is -1.97. The van der Waals surface area contributed by atoms with E-state index in [1.54, 1.807) is 4.68 Å². The highest BCUT2D eigenvalue weighted by Crippen LogP contribution is 2.15. The monoisotopic (exact) mass is 217 g/mol. The van der Waals surface area contributed by atoms with Gasteiger partial charge >= 0.3 is 5.97 Å². The van der Waals surface area contributed by atoms with Gasteiger partial charge in [-0.3, -0.25) is 4.79 Å². The van der Waals surface area contributed by atoms with Crippen molar-refractivity contribution in [1.29, 1.82) is 0 Å². The number of nitrogens with zero attached hydrogens (tertiary/aromatic N) is 2. The minimum Gasteiger partial charge on any atom is -0.481 e. The molecule has 4 heteroatoms. The molecule has 1 N–H and O–H groups in total. The second-order valence-corrected chi connectivity index (χ2v) is 3.74. The molecule has 0 aliphatic carbocycles. The van der Waals surface area contributed by atoms with E-state index in [9.17, 15) is 4.79 Å². The number of hydrogen-bond acceptors (Lipinski definition) is 2. The molecule has 1 heterocycles. The Kier molecular flexibility index (Phi) is 2.81. The minimum atomic E-state index is -0.774. The summed E-state index contributed by atoms with van der Waals surface area (Å²) in [7, 11) is 1.84. The number of carbonyl (C=O) groups is 1. The maximum absolute atomic E-state index is 10.6. The van der Waals surface area contributed by atoms with Crippen molar-refractivity contribution < 1.29 is 14.6 Å². The van der Waals surface area contributed by atoms with Crippen LogP contribution in [0.15, 0.2) is 30.5 Å². The van der Waals surface area contributed by atoms with E-state index in [1.165, 1.54) is 0 Å². The van der Waals surface area contributed by atoms with E-state index in [-0.39, 0.29) is 6.42 Å². The van der Waals surface area contributed by atoms with Crippen LogP contribution in [0.4, 0.5) is 0 Å². The van der Waals surface area contributed by atoms with Crippen LogP contribution in [0.3, 0.4) is 0 Å². The molecule has 1 aromatic carbocycles. The molecule has 2 rings (SSSR count). The molecule has 0 aliphatic rings. The molecular formula is C12H13N2O2+. The van der Waals surface area contributed by atoms with Crippen LogP contribution in [0.2, 0.25) is 0 Å². The quantitative estimate of drug-likeness (QED) is 0.782. The number of carboxylic acids is 1. The van der Waals surface area contributed by atoms with Gasteiger partial charge in [0.15, 0.2) is 13.2 Å². The summed E-state index contributed by atoms with van der Waals surface area (Å²) in [6, 6.07) is 7.77. The van der Waals surface area contributed by atoms with Crippen molar-refractivity contribution in [1.82, 2.24) is 5.10 Å². The van der Waals surface area contributed by atoms with Gasteiger partial charge in [-0.2, -0.15) is 0 Å². The van der Waals surface area contributed by atoms with Crippen LogP contribution < -0.4 is 4.68 Å². The molecule has 0 unspecified atom stereocenters. The lowest BCUT2D eigenvalue weighted by Gasteiger charge is -2.01. The third kappa shape index (κ3) is 2.16. The Morgan fingerprint density at radius 3 is 2.94 bits per heavy atom. The maximum atomic E-state index is 10.6. The van der Waals surface area contributed by atoms with E-state index in [1.807, 2.05) is 37.5 Å². The van der Waals surface area contributed by atoms with E-state index in [0.717, 1.165) is 16.5 Å². The van der Waals surface area contributed by atoms with E-state index in [0.29, 0.717) is 6.42 Å². The molecule has 1 aromatic heterocycles. The predicted molar refractivity (Wildman–Crippen MR) is 58.9 cm³/mol. The van der Waals surface area contributed by atoms with Crippen molar-refractivity contribution in [2.45, 2.75) is 12.8 Å². The molecule has 82 valence electrons. The van der Waals surface area contributed by atoms with Gasteiger partial charge in [0.2, 0.25) is 0 Å². The Morgan fingerprint density at radius 2 is 2.19 bits per heavy atom. The molecule has 16 heavy (non-hydrogen) atoms. The van der Waals surface area contributed by atoms with Gasteiger partial charge in [0.25, 0.3) is 0 Å². The summed E-state index contributed by atoms with van der Waals surface area (Å²) in [6.07, 6.45) is 2.56. The van der Waals surface area contributed by atoms with E-state index in [4.69, 9.17) is 5.11 Å². The van der Waals surface area contributed by atoms with Crippen LogP contribution in [0.5, 0.6) is 0 Å². The number of fused-ring (bicyclic) bond motifs is 1. The molecule has 0 spiro atoms. The lowest BCUT2D eigenvalue weighted by Crippen LogP contribution is -2.33. The zero-order valence-electron chi connectivity index (χ0n) is 9.05. The first-order valence-corrected chi connectivity index (χ1v) is 5.13. The Labute approximate surface area is 93.1 Å². The SMILES string of the molecule is C[n+]1cc(CCC(=O)O)c2ccccc2n1. The third-order valence-corrected chi connectivity index (χ3v) is 2.47. The lowest BCUT2D eigenvalue weighted by molar-refractivity contribution is -0.728. The predicted octanol–water partition coefficient (Wildman–Crippen LogP) is 1.08. The van der Waals surface area contributed by atoms with Gasteiger partial charge in [-0.05, 0) is 17.6 Å². The number of hydrogen-bond donors (Lipinski definition) is 1. The van der Waals surface area contributed by atoms with E-state index < -0.39 is 5.97 Å². The highest BCUT2D eigenvalue weighted by molar-refractivity contribution is 5.81. The molecule has 0 fully saturated rings. The van der Waals surface area contributed by atoms with Gasteiger partial charge in [0, 0.05) is 17.4 Å². The number of aryl methyl sites for hydroxylation is 2. The maximum Gasteiger partial charge on any atom is 0.303 e. The van der Waals surface area contributed by atoms with Crippen LogP contribution in [-0.2, 0) is 18.3 Å². The molecule has 0 atom stereocenters. The molecule has 2 aromatic rings. The number of benzene rings is 1. The molecule has 0 amide bonds. The summed E-state index contributed by atoms with van der Waals surface area (Å²) in [5.41, 5.74) is 1.92. The topological polar surface area (TPSA) is 54.1 Å². The number of rotatable bonds is 3. The fourth-order valence-corrected chi connectivity index (χ4v) is 1.77. The van der Waals surface area contributed by atoms with Gasteiger partial charge in [-0.1, -0.05) is 22.9 Å². The van der Waals surface area contributed by atoms with Crippen molar-refractivity contribution in [2.24, 2.45) is 7.05 Å². The summed E-state index contributed by atoms with van der Waals surface area (Å²) >= 11 is 0. The number of aromatic nitrogens is 2. The second-order valence-electron chi connectivity index (χ2n) is 3.74. The van der Waals surface area contributed by atoms with Crippen LogP contribution in [-0.4, -0.2) is 16.2 Å². The van der Waals surface area contributed by atoms with Crippen LogP contribution >= 0.6 is 0 Å². The van der Waals surface area contributed by atoms with E-state index >= 15 is 0 Å². The first-order valence-electron chi connectivity index (χ1n) is 5.13.